The molecular weight excluding hydrogens is 298 g/mol. The maximum Gasteiger partial charge on any atom is 0.185 e. The Morgan fingerprint density at radius 3 is 2.27 bits per heavy atom. The van der Waals surface area contributed by atoms with Gasteiger partial charge in [0, 0.05) is 24.3 Å². The fourth-order valence-electron chi connectivity index (χ4n) is 2.58. The van der Waals surface area contributed by atoms with Crippen molar-refractivity contribution in [2.45, 2.75) is 5.38 Å². The van der Waals surface area contributed by atoms with Gasteiger partial charge >= 0.3 is 0 Å². The lowest BCUT2D eigenvalue weighted by Crippen LogP contribution is -2.36. The first-order chi connectivity index (χ1) is 10.8. The molecule has 3 nitrogen and oxygen atoms in total. The van der Waals surface area contributed by atoms with Crippen LogP contribution < -0.4 is 4.90 Å². The van der Waals surface area contributed by atoms with E-state index < -0.39 is 5.38 Å². The van der Waals surface area contributed by atoms with Gasteiger partial charge in [-0.3, -0.25) is 4.79 Å². The van der Waals surface area contributed by atoms with E-state index in [0.717, 1.165) is 37.6 Å². The van der Waals surface area contributed by atoms with Crippen molar-refractivity contribution in [2.24, 2.45) is 0 Å². The third kappa shape index (κ3) is 3.32. The predicted molar refractivity (Wildman–Crippen MR) is 88.8 cm³/mol. The Balaban J connectivity index is 1.73. The molecular formula is C18H18ClNO2. The third-order valence-electron chi connectivity index (χ3n) is 3.85. The summed E-state index contributed by atoms with van der Waals surface area (Å²) in [5.74, 6) is -0.0682. The van der Waals surface area contributed by atoms with Gasteiger partial charge in [0.25, 0.3) is 0 Å². The van der Waals surface area contributed by atoms with Crippen LogP contribution in [0, 0.1) is 0 Å². The molecule has 3 rings (SSSR count). The van der Waals surface area contributed by atoms with Gasteiger partial charge in [-0.25, -0.2) is 0 Å². The summed E-state index contributed by atoms with van der Waals surface area (Å²) in [5.41, 5.74) is 2.58. The second-order valence-corrected chi connectivity index (χ2v) is 5.72. The fraction of sp³-hybridized carbons (Fsp3) is 0.278. The van der Waals surface area contributed by atoms with Crippen LogP contribution in [0.1, 0.15) is 21.3 Å². The number of hydrogen-bond acceptors (Lipinski definition) is 3. The van der Waals surface area contributed by atoms with Crippen LogP contribution >= 0.6 is 11.6 Å². The quantitative estimate of drug-likeness (QED) is 0.636. The van der Waals surface area contributed by atoms with Gasteiger partial charge in [0.1, 0.15) is 5.38 Å². The maximum absolute atomic E-state index is 12.5. The number of ether oxygens (including phenoxy) is 1. The van der Waals surface area contributed by atoms with Crippen molar-refractivity contribution in [2.75, 3.05) is 31.2 Å². The Morgan fingerprint density at radius 1 is 1.00 bits per heavy atom. The van der Waals surface area contributed by atoms with Gasteiger partial charge in [0.05, 0.1) is 13.2 Å². The lowest BCUT2D eigenvalue weighted by atomic mass is 10.0. The van der Waals surface area contributed by atoms with Crippen LogP contribution in [0.25, 0.3) is 0 Å². The van der Waals surface area contributed by atoms with Crippen LogP contribution in [-0.2, 0) is 4.74 Å². The van der Waals surface area contributed by atoms with E-state index in [4.69, 9.17) is 16.3 Å². The third-order valence-corrected chi connectivity index (χ3v) is 4.30. The van der Waals surface area contributed by atoms with Crippen LogP contribution in [0.5, 0.6) is 0 Å². The molecule has 0 spiro atoms. The van der Waals surface area contributed by atoms with E-state index in [-0.39, 0.29) is 5.78 Å². The molecule has 4 heteroatoms. The average molecular weight is 316 g/mol. The molecule has 114 valence electrons. The maximum atomic E-state index is 12.5. The van der Waals surface area contributed by atoms with E-state index in [9.17, 15) is 4.79 Å². The number of rotatable bonds is 4. The molecule has 1 aliphatic heterocycles. The molecule has 1 atom stereocenters. The van der Waals surface area contributed by atoms with Crippen LogP contribution in [0.15, 0.2) is 54.6 Å². The number of alkyl halides is 1. The first-order valence-electron chi connectivity index (χ1n) is 7.42. The zero-order valence-electron chi connectivity index (χ0n) is 12.2. The molecule has 1 saturated heterocycles. The number of nitrogens with zero attached hydrogens (tertiary/aromatic N) is 1. The zero-order valence-corrected chi connectivity index (χ0v) is 13.0. The molecule has 22 heavy (non-hydrogen) atoms. The first-order valence-corrected chi connectivity index (χ1v) is 7.85. The van der Waals surface area contributed by atoms with E-state index in [1.165, 1.54) is 0 Å². The van der Waals surface area contributed by atoms with E-state index in [1.807, 2.05) is 54.6 Å². The number of halogens is 1. The number of benzene rings is 2. The van der Waals surface area contributed by atoms with Crippen molar-refractivity contribution in [3.63, 3.8) is 0 Å². The first kappa shape index (κ1) is 15.1. The largest absolute Gasteiger partial charge is 0.378 e. The van der Waals surface area contributed by atoms with Gasteiger partial charge in [0.15, 0.2) is 5.78 Å². The molecule has 2 aromatic carbocycles. The number of Topliss-reactive ketones (excluding diaryl/α,β-unsaturated/α-hetero) is 1. The van der Waals surface area contributed by atoms with Gasteiger partial charge < -0.3 is 9.64 Å². The van der Waals surface area contributed by atoms with Gasteiger partial charge in [-0.1, -0.05) is 30.3 Å². The Kier molecular flexibility index (Phi) is 4.76. The molecule has 1 heterocycles. The molecule has 0 N–H and O–H groups in total. The number of hydrogen-bond donors (Lipinski definition) is 0. The highest BCUT2D eigenvalue weighted by Crippen LogP contribution is 2.26. The lowest BCUT2D eigenvalue weighted by Gasteiger charge is -2.28. The lowest BCUT2D eigenvalue weighted by molar-refractivity contribution is 0.0987. The summed E-state index contributed by atoms with van der Waals surface area (Å²) in [6.45, 7) is 3.27. The molecule has 1 aliphatic rings. The Hall–Kier alpha value is -1.84. The van der Waals surface area contributed by atoms with Gasteiger partial charge in [-0.2, -0.15) is 0 Å². The molecule has 0 amide bonds. The van der Waals surface area contributed by atoms with Gasteiger partial charge in [-0.15, -0.1) is 11.6 Å². The Morgan fingerprint density at radius 2 is 1.64 bits per heavy atom. The molecule has 0 radical (unpaired) electrons. The minimum Gasteiger partial charge on any atom is -0.378 e. The van der Waals surface area contributed by atoms with Crippen molar-refractivity contribution in [3.05, 3.63) is 65.7 Å². The summed E-state index contributed by atoms with van der Waals surface area (Å²) in [4.78, 5) is 14.7. The van der Waals surface area contributed by atoms with Crippen molar-refractivity contribution >= 4 is 23.1 Å². The van der Waals surface area contributed by atoms with Crippen LogP contribution in [0.2, 0.25) is 0 Å². The molecule has 1 fully saturated rings. The summed E-state index contributed by atoms with van der Waals surface area (Å²) in [6, 6.07) is 17.1. The number of morpholine rings is 1. The highest BCUT2D eigenvalue weighted by Gasteiger charge is 2.19. The van der Waals surface area contributed by atoms with Crippen LogP contribution in [0.4, 0.5) is 5.69 Å². The molecule has 0 aromatic heterocycles. The summed E-state index contributed by atoms with van der Waals surface area (Å²) < 4.78 is 5.35. The topological polar surface area (TPSA) is 29.5 Å². The zero-order chi connectivity index (χ0) is 15.4. The van der Waals surface area contributed by atoms with Gasteiger partial charge in [0.2, 0.25) is 0 Å². The van der Waals surface area contributed by atoms with E-state index in [2.05, 4.69) is 4.90 Å². The minimum absolute atomic E-state index is 0.0682. The van der Waals surface area contributed by atoms with Crippen molar-refractivity contribution in [3.8, 4) is 0 Å². The van der Waals surface area contributed by atoms with Gasteiger partial charge in [-0.05, 0) is 29.8 Å². The summed E-state index contributed by atoms with van der Waals surface area (Å²) in [6.07, 6.45) is 0. The van der Waals surface area contributed by atoms with E-state index >= 15 is 0 Å². The number of ketones is 1. The summed E-state index contributed by atoms with van der Waals surface area (Å²) >= 11 is 6.30. The predicted octanol–water partition coefficient (Wildman–Crippen LogP) is 3.69. The number of anilines is 1. The molecule has 0 saturated carbocycles. The van der Waals surface area contributed by atoms with E-state index in [1.54, 1.807) is 0 Å². The second-order valence-electron chi connectivity index (χ2n) is 5.28. The van der Waals surface area contributed by atoms with Crippen molar-refractivity contribution in [1.82, 2.24) is 0 Å². The van der Waals surface area contributed by atoms with E-state index in [0.29, 0.717) is 5.56 Å². The average Bonchev–Trinajstić information content (AvgIpc) is 2.62. The molecule has 0 aliphatic carbocycles. The smallest absolute Gasteiger partial charge is 0.185 e. The fourth-order valence-corrected chi connectivity index (χ4v) is 2.85. The Labute approximate surface area is 135 Å². The highest BCUT2D eigenvalue weighted by atomic mass is 35.5. The normalized spacial score (nSPS) is 16.3. The number of carbonyl (C=O) groups is 1. The van der Waals surface area contributed by atoms with Crippen LogP contribution in [0.3, 0.4) is 0 Å². The monoisotopic (exact) mass is 315 g/mol. The highest BCUT2D eigenvalue weighted by molar-refractivity contribution is 6.33. The molecule has 2 aromatic rings. The minimum atomic E-state index is -0.643. The van der Waals surface area contributed by atoms with Crippen molar-refractivity contribution in [1.29, 1.82) is 0 Å². The Bertz CT molecular complexity index is 621. The number of carbonyl (C=O) groups excluding carboxylic acids is 1. The molecule has 1 unspecified atom stereocenters. The SMILES string of the molecule is O=C(c1ccc(N2CCOCC2)cc1)C(Cl)c1ccccc1. The standard InChI is InChI=1S/C18H18ClNO2/c19-17(14-4-2-1-3-5-14)18(21)15-6-8-16(9-7-15)20-10-12-22-13-11-20/h1-9,17H,10-13H2. The summed E-state index contributed by atoms with van der Waals surface area (Å²) in [5, 5.41) is -0.643. The second kappa shape index (κ2) is 6.95. The van der Waals surface area contributed by atoms with Crippen LogP contribution in [-0.4, -0.2) is 32.1 Å². The molecule has 0 bridgehead atoms. The van der Waals surface area contributed by atoms with Crippen molar-refractivity contribution < 1.29 is 9.53 Å². The summed E-state index contributed by atoms with van der Waals surface area (Å²) in [7, 11) is 0.